The lowest BCUT2D eigenvalue weighted by Crippen LogP contribution is -2.03. The number of hydrogen-bond acceptors (Lipinski definition) is 4. The Morgan fingerprint density at radius 2 is 1.90 bits per heavy atom. The molecule has 4 nitrogen and oxygen atoms in total. The summed E-state index contributed by atoms with van der Waals surface area (Å²) in [6.45, 7) is 0.0635. The number of benzene rings is 1. The number of aromatic nitrogens is 1. The Kier molecular flexibility index (Phi) is 5.54. The van der Waals surface area contributed by atoms with Crippen LogP contribution in [-0.2, 0) is 15.7 Å². The molecule has 112 valence electrons. The standard InChI is InChI=1S/C12H7Br2Cl2NO3S/c13-7-1-2-9(17-5-7)6-20-12-10(15)3-8(14)4-11(12)21(16,18)19/h1-5H,6H2. The molecule has 0 amide bonds. The lowest BCUT2D eigenvalue weighted by Gasteiger charge is -2.12. The van der Waals surface area contributed by atoms with E-state index in [1.165, 1.54) is 12.1 Å². The molecule has 0 aliphatic rings. The molecule has 0 unspecified atom stereocenters. The van der Waals surface area contributed by atoms with E-state index in [4.69, 9.17) is 27.0 Å². The molecule has 0 radical (unpaired) electrons. The predicted molar refractivity (Wildman–Crippen MR) is 88.5 cm³/mol. The Bertz CT molecular complexity index is 767. The van der Waals surface area contributed by atoms with Crippen molar-refractivity contribution in [3.8, 4) is 5.75 Å². The number of hydrogen-bond donors (Lipinski definition) is 0. The zero-order chi connectivity index (χ0) is 15.6. The molecule has 1 aromatic heterocycles. The fourth-order valence-corrected chi connectivity index (χ4v) is 3.80. The quantitative estimate of drug-likeness (QED) is 0.598. The Morgan fingerprint density at radius 1 is 1.19 bits per heavy atom. The van der Waals surface area contributed by atoms with E-state index in [0.29, 0.717) is 10.2 Å². The number of ether oxygens (including phenoxy) is 1. The highest BCUT2D eigenvalue weighted by Crippen LogP contribution is 2.37. The van der Waals surface area contributed by atoms with Crippen LogP contribution < -0.4 is 4.74 Å². The van der Waals surface area contributed by atoms with Gasteiger partial charge in [0.1, 0.15) is 11.5 Å². The fourth-order valence-electron chi connectivity index (χ4n) is 1.50. The molecule has 0 fully saturated rings. The highest BCUT2D eigenvalue weighted by atomic mass is 79.9. The van der Waals surface area contributed by atoms with Crippen molar-refractivity contribution in [2.75, 3.05) is 0 Å². The van der Waals surface area contributed by atoms with E-state index in [-0.39, 0.29) is 22.3 Å². The maximum atomic E-state index is 11.6. The molecule has 0 aliphatic carbocycles. The van der Waals surface area contributed by atoms with E-state index in [2.05, 4.69) is 36.8 Å². The Balaban J connectivity index is 2.33. The van der Waals surface area contributed by atoms with Crippen LogP contribution in [0.2, 0.25) is 5.02 Å². The van der Waals surface area contributed by atoms with Crippen molar-refractivity contribution in [2.24, 2.45) is 0 Å². The number of nitrogens with zero attached hydrogens (tertiary/aromatic N) is 1. The number of rotatable bonds is 4. The summed E-state index contributed by atoms with van der Waals surface area (Å²) >= 11 is 12.5. The van der Waals surface area contributed by atoms with Gasteiger partial charge in [-0.2, -0.15) is 0 Å². The first-order chi connectivity index (χ1) is 9.77. The molecule has 2 aromatic rings. The predicted octanol–water partition coefficient (Wildman–Crippen LogP) is 4.77. The van der Waals surface area contributed by atoms with Crippen LogP contribution in [0.25, 0.3) is 0 Å². The largest absolute Gasteiger partial charge is 0.484 e. The molecule has 2 rings (SSSR count). The molecule has 21 heavy (non-hydrogen) atoms. The maximum Gasteiger partial charge on any atom is 0.265 e. The van der Waals surface area contributed by atoms with Gasteiger partial charge in [-0.05, 0) is 40.2 Å². The number of pyridine rings is 1. The van der Waals surface area contributed by atoms with Gasteiger partial charge in [0.15, 0.2) is 5.75 Å². The van der Waals surface area contributed by atoms with Gasteiger partial charge in [0.05, 0.1) is 10.7 Å². The minimum Gasteiger partial charge on any atom is -0.484 e. The maximum absolute atomic E-state index is 11.6. The summed E-state index contributed by atoms with van der Waals surface area (Å²) in [6.07, 6.45) is 1.61. The van der Waals surface area contributed by atoms with Crippen molar-refractivity contribution >= 4 is 63.2 Å². The van der Waals surface area contributed by atoms with Crippen LogP contribution in [0.5, 0.6) is 5.75 Å². The second-order valence-electron chi connectivity index (χ2n) is 3.91. The van der Waals surface area contributed by atoms with Crippen molar-refractivity contribution in [1.29, 1.82) is 0 Å². The van der Waals surface area contributed by atoms with E-state index in [9.17, 15) is 8.42 Å². The molecule has 0 N–H and O–H groups in total. The van der Waals surface area contributed by atoms with Gasteiger partial charge in [0.25, 0.3) is 9.05 Å². The van der Waals surface area contributed by atoms with Crippen LogP contribution in [0.4, 0.5) is 0 Å². The van der Waals surface area contributed by atoms with Gasteiger partial charge >= 0.3 is 0 Å². The third-order valence-electron chi connectivity index (χ3n) is 2.39. The summed E-state index contributed by atoms with van der Waals surface area (Å²) in [5.74, 6) is -0.000384. The SMILES string of the molecule is O=S(=O)(Cl)c1cc(Br)cc(Cl)c1OCc1ccc(Br)cn1. The van der Waals surface area contributed by atoms with Crippen LogP contribution in [0.1, 0.15) is 5.69 Å². The smallest absolute Gasteiger partial charge is 0.265 e. The first-order valence-electron chi connectivity index (χ1n) is 5.44. The van der Waals surface area contributed by atoms with Crippen LogP contribution >= 0.6 is 54.1 Å². The lowest BCUT2D eigenvalue weighted by molar-refractivity contribution is 0.293. The minimum atomic E-state index is -3.98. The molecule has 0 atom stereocenters. The highest BCUT2D eigenvalue weighted by molar-refractivity contribution is 9.10. The van der Waals surface area contributed by atoms with Crippen LogP contribution in [0, 0.1) is 0 Å². The van der Waals surface area contributed by atoms with Crippen molar-refractivity contribution in [3.05, 3.63) is 50.1 Å². The Morgan fingerprint density at radius 3 is 2.48 bits per heavy atom. The zero-order valence-corrected chi connectivity index (χ0v) is 15.7. The van der Waals surface area contributed by atoms with E-state index in [1.54, 1.807) is 18.3 Å². The molecule has 0 spiro atoms. The van der Waals surface area contributed by atoms with Gasteiger partial charge in [-0.15, -0.1) is 0 Å². The van der Waals surface area contributed by atoms with Gasteiger partial charge < -0.3 is 4.74 Å². The molecule has 1 heterocycles. The summed E-state index contributed by atoms with van der Waals surface area (Å²) in [5.41, 5.74) is 0.620. The van der Waals surface area contributed by atoms with Gasteiger partial charge in [-0.1, -0.05) is 27.5 Å². The average molecular weight is 476 g/mol. The van der Waals surface area contributed by atoms with Crippen molar-refractivity contribution in [2.45, 2.75) is 11.5 Å². The summed E-state index contributed by atoms with van der Waals surface area (Å²) in [4.78, 5) is 3.93. The summed E-state index contributed by atoms with van der Waals surface area (Å²) in [6, 6.07) is 6.40. The van der Waals surface area contributed by atoms with Crippen molar-refractivity contribution in [1.82, 2.24) is 4.98 Å². The van der Waals surface area contributed by atoms with Gasteiger partial charge in [0.2, 0.25) is 0 Å². The third kappa shape index (κ3) is 4.56. The Labute approximate surface area is 148 Å². The van der Waals surface area contributed by atoms with Gasteiger partial charge in [-0.25, -0.2) is 8.42 Å². The number of halogens is 4. The van der Waals surface area contributed by atoms with Crippen LogP contribution in [0.15, 0.2) is 44.3 Å². The normalized spacial score (nSPS) is 11.4. The lowest BCUT2D eigenvalue weighted by atomic mass is 10.3. The Hall–Kier alpha value is -0.340. The second kappa shape index (κ2) is 6.83. The summed E-state index contributed by atoms with van der Waals surface area (Å²) < 4.78 is 30.0. The van der Waals surface area contributed by atoms with E-state index in [0.717, 1.165) is 4.47 Å². The third-order valence-corrected chi connectivity index (χ3v) is 4.93. The van der Waals surface area contributed by atoms with Crippen molar-refractivity contribution in [3.63, 3.8) is 0 Å². The van der Waals surface area contributed by atoms with Gasteiger partial charge in [-0.3, -0.25) is 4.98 Å². The first-order valence-corrected chi connectivity index (χ1v) is 9.71. The first kappa shape index (κ1) is 17.0. The average Bonchev–Trinajstić information content (AvgIpc) is 2.38. The molecule has 0 saturated heterocycles. The van der Waals surface area contributed by atoms with E-state index in [1.807, 2.05) is 0 Å². The van der Waals surface area contributed by atoms with Crippen molar-refractivity contribution < 1.29 is 13.2 Å². The molecule has 9 heteroatoms. The molecule has 1 aromatic carbocycles. The van der Waals surface area contributed by atoms with Crippen LogP contribution in [0.3, 0.4) is 0 Å². The van der Waals surface area contributed by atoms with E-state index < -0.39 is 9.05 Å². The summed E-state index contributed by atoms with van der Waals surface area (Å²) in [5, 5.41) is 0.140. The zero-order valence-electron chi connectivity index (χ0n) is 10.2. The van der Waals surface area contributed by atoms with Gasteiger partial charge in [0, 0.05) is 25.8 Å². The molecule has 0 aliphatic heterocycles. The van der Waals surface area contributed by atoms with E-state index >= 15 is 0 Å². The molecular weight excluding hydrogens is 469 g/mol. The minimum absolute atomic E-state index is 0.000384. The monoisotopic (exact) mass is 473 g/mol. The highest BCUT2D eigenvalue weighted by Gasteiger charge is 2.21. The second-order valence-corrected chi connectivity index (χ2v) is 8.68. The topological polar surface area (TPSA) is 56.3 Å². The summed E-state index contributed by atoms with van der Waals surface area (Å²) in [7, 11) is 1.42. The van der Waals surface area contributed by atoms with Crippen LogP contribution in [-0.4, -0.2) is 13.4 Å². The fraction of sp³-hybridized carbons (Fsp3) is 0.0833. The molecular formula is C12H7Br2Cl2NO3S. The molecule has 0 bridgehead atoms. The molecule has 0 saturated carbocycles.